The van der Waals surface area contributed by atoms with E-state index in [1.54, 1.807) is 12.1 Å². The van der Waals surface area contributed by atoms with Crippen molar-refractivity contribution in [2.24, 2.45) is 0 Å². The van der Waals surface area contributed by atoms with Crippen molar-refractivity contribution in [3.63, 3.8) is 0 Å². The minimum atomic E-state index is -0.146. The minimum absolute atomic E-state index is 0.146. The zero-order chi connectivity index (χ0) is 16.4. The third-order valence-electron chi connectivity index (χ3n) is 5.70. The van der Waals surface area contributed by atoms with Gasteiger partial charge in [-0.15, -0.1) is 0 Å². The molecule has 4 rings (SSSR count). The van der Waals surface area contributed by atoms with Gasteiger partial charge in [0.1, 0.15) is 5.82 Å². The Morgan fingerprint density at radius 3 is 2.67 bits per heavy atom. The molecule has 0 bridgehead atoms. The quantitative estimate of drug-likeness (QED) is 0.854. The standard InChI is InChI=1S/C20H24FN3/c21-18-5-1-6-19(14-18)23-12-8-20(9-13-23)7-3-11-24(20)16-17-4-2-10-22-15-17/h1-2,4-6,10,14-15H,3,7-9,11-13,16H2. The van der Waals surface area contributed by atoms with Crippen molar-refractivity contribution < 1.29 is 4.39 Å². The highest BCUT2D eigenvalue weighted by Gasteiger charge is 2.42. The monoisotopic (exact) mass is 325 g/mol. The van der Waals surface area contributed by atoms with Gasteiger partial charge < -0.3 is 4.90 Å². The molecule has 4 heteroatoms. The van der Waals surface area contributed by atoms with E-state index in [-0.39, 0.29) is 5.82 Å². The minimum Gasteiger partial charge on any atom is -0.371 e. The summed E-state index contributed by atoms with van der Waals surface area (Å²) in [5.74, 6) is -0.146. The maximum Gasteiger partial charge on any atom is 0.125 e. The lowest BCUT2D eigenvalue weighted by molar-refractivity contribution is 0.0997. The first-order valence-electron chi connectivity index (χ1n) is 8.90. The van der Waals surface area contributed by atoms with Gasteiger partial charge >= 0.3 is 0 Å². The van der Waals surface area contributed by atoms with Crippen LogP contribution in [0, 0.1) is 5.82 Å². The molecule has 0 unspecified atom stereocenters. The maximum absolute atomic E-state index is 13.5. The second-order valence-electron chi connectivity index (χ2n) is 7.08. The van der Waals surface area contributed by atoms with E-state index in [0.717, 1.165) is 38.2 Å². The summed E-state index contributed by atoms with van der Waals surface area (Å²) in [5.41, 5.74) is 2.63. The summed E-state index contributed by atoms with van der Waals surface area (Å²) < 4.78 is 13.5. The molecular weight excluding hydrogens is 301 g/mol. The Morgan fingerprint density at radius 2 is 1.92 bits per heavy atom. The van der Waals surface area contributed by atoms with Gasteiger partial charge in [-0.1, -0.05) is 12.1 Å². The molecule has 0 radical (unpaired) electrons. The molecule has 0 N–H and O–H groups in total. The lowest BCUT2D eigenvalue weighted by atomic mass is 9.84. The van der Waals surface area contributed by atoms with Crippen molar-refractivity contribution in [1.82, 2.24) is 9.88 Å². The first-order valence-corrected chi connectivity index (χ1v) is 8.90. The maximum atomic E-state index is 13.5. The third-order valence-corrected chi connectivity index (χ3v) is 5.70. The summed E-state index contributed by atoms with van der Waals surface area (Å²) in [6.45, 7) is 4.18. The van der Waals surface area contributed by atoms with Crippen LogP contribution in [0.2, 0.25) is 0 Å². The van der Waals surface area contributed by atoms with Crippen LogP contribution >= 0.6 is 0 Å². The van der Waals surface area contributed by atoms with Gasteiger partial charge in [-0.05, 0) is 62.1 Å². The Hall–Kier alpha value is -1.94. The topological polar surface area (TPSA) is 19.4 Å². The second-order valence-corrected chi connectivity index (χ2v) is 7.08. The number of hydrogen-bond donors (Lipinski definition) is 0. The van der Waals surface area contributed by atoms with Crippen LogP contribution in [0.25, 0.3) is 0 Å². The molecule has 126 valence electrons. The van der Waals surface area contributed by atoms with E-state index in [0.29, 0.717) is 5.54 Å². The largest absolute Gasteiger partial charge is 0.371 e. The van der Waals surface area contributed by atoms with E-state index >= 15 is 0 Å². The van der Waals surface area contributed by atoms with Crippen LogP contribution in [0.5, 0.6) is 0 Å². The van der Waals surface area contributed by atoms with Crippen molar-refractivity contribution in [1.29, 1.82) is 0 Å². The summed E-state index contributed by atoms with van der Waals surface area (Å²) >= 11 is 0. The number of pyridine rings is 1. The molecule has 0 aliphatic carbocycles. The number of likely N-dealkylation sites (tertiary alicyclic amines) is 1. The van der Waals surface area contributed by atoms with Crippen molar-refractivity contribution in [2.45, 2.75) is 37.8 Å². The lowest BCUT2D eigenvalue weighted by Crippen LogP contribution is -2.51. The van der Waals surface area contributed by atoms with Crippen molar-refractivity contribution in [3.8, 4) is 0 Å². The Labute approximate surface area is 143 Å². The molecule has 1 aromatic heterocycles. The smallest absolute Gasteiger partial charge is 0.125 e. The highest BCUT2D eigenvalue weighted by molar-refractivity contribution is 5.47. The molecule has 3 nitrogen and oxygen atoms in total. The van der Waals surface area contributed by atoms with Crippen molar-refractivity contribution in [3.05, 3.63) is 60.2 Å². The normalized spacial score (nSPS) is 20.6. The van der Waals surface area contributed by atoms with Crippen LogP contribution in [-0.2, 0) is 6.54 Å². The van der Waals surface area contributed by atoms with Gasteiger partial charge in [0.15, 0.2) is 0 Å². The molecule has 1 spiro atoms. The number of hydrogen-bond acceptors (Lipinski definition) is 3. The molecule has 1 aromatic carbocycles. The van der Waals surface area contributed by atoms with Crippen LogP contribution in [0.1, 0.15) is 31.2 Å². The van der Waals surface area contributed by atoms with Crippen LogP contribution in [0.3, 0.4) is 0 Å². The number of anilines is 1. The highest BCUT2D eigenvalue weighted by Crippen LogP contribution is 2.40. The molecule has 0 amide bonds. The van der Waals surface area contributed by atoms with E-state index in [1.807, 2.05) is 24.5 Å². The first kappa shape index (κ1) is 15.6. The Kier molecular flexibility index (Phi) is 4.23. The summed E-state index contributed by atoms with van der Waals surface area (Å²) in [6, 6.07) is 11.2. The molecular formula is C20H24FN3. The number of halogens is 1. The van der Waals surface area contributed by atoms with Crippen LogP contribution in [-0.4, -0.2) is 35.1 Å². The van der Waals surface area contributed by atoms with Gasteiger partial charge in [0, 0.05) is 43.3 Å². The number of aromatic nitrogens is 1. The summed E-state index contributed by atoms with van der Waals surface area (Å²) in [4.78, 5) is 9.24. The number of piperidine rings is 1. The second kappa shape index (κ2) is 6.52. The van der Waals surface area contributed by atoms with Crippen LogP contribution in [0.15, 0.2) is 48.8 Å². The Morgan fingerprint density at radius 1 is 1.04 bits per heavy atom. The first-order chi connectivity index (χ1) is 11.8. The van der Waals surface area contributed by atoms with Gasteiger partial charge in [0.25, 0.3) is 0 Å². The molecule has 0 saturated carbocycles. The third kappa shape index (κ3) is 3.03. The molecule has 2 fully saturated rings. The SMILES string of the molecule is Fc1cccc(N2CCC3(CCCN3Cc3cccnc3)CC2)c1. The summed E-state index contributed by atoms with van der Waals surface area (Å²) in [6.07, 6.45) is 8.69. The predicted molar refractivity (Wildman–Crippen MR) is 94.5 cm³/mol. The number of rotatable bonds is 3. The van der Waals surface area contributed by atoms with E-state index in [4.69, 9.17) is 0 Å². The number of benzene rings is 1. The molecule has 2 aliphatic heterocycles. The fourth-order valence-corrected chi connectivity index (χ4v) is 4.37. The molecule has 2 aliphatic rings. The summed E-state index contributed by atoms with van der Waals surface area (Å²) in [5, 5.41) is 0. The molecule has 0 atom stereocenters. The van der Waals surface area contributed by atoms with E-state index in [1.165, 1.54) is 31.0 Å². The van der Waals surface area contributed by atoms with E-state index in [9.17, 15) is 4.39 Å². The molecule has 3 heterocycles. The predicted octanol–water partition coefficient (Wildman–Crippen LogP) is 3.86. The highest BCUT2D eigenvalue weighted by atomic mass is 19.1. The van der Waals surface area contributed by atoms with Crippen molar-refractivity contribution in [2.75, 3.05) is 24.5 Å². The fraction of sp³-hybridized carbons (Fsp3) is 0.450. The fourth-order valence-electron chi connectivity index (χ4n) is 4.37. The molecule has 2 saturated heterocycles. The van der Waals surface area contributed by atoms with Crippen LogP contribution < -0.4 is 4.90 Å². The average Bonchev–Trinajstić information content (AvgIpc) is 2.98. The van der Waals surface area contributed by atoms with Gasteiger partial charge in [-0.2, -0.15) is 0 Å². The zero-order valence-corrected chi connectivity index (χ0v) is 14.0. The van der Waals surface area contributed by atoms with Crippen molar-refractivity contribution >= 4 is 5.69 Å². The Bertz CT molecular complexity index is 680. The van der Waals surface area contributed by atoms with Gasteiger partial charge in [-0.3, -0.25) is 9.88 Å². The Balaban J connectivity index is 1.45. The van der Waals surface area contributed by atoms with Gasteiger partial charge in [0.05, 0.1) is 0 Å². The van der Waals surface area contributed by atoms with E-state index < -0.39 is 0 Å². The van der Waals surface area contributed by atoms with Gasteiger partial charge in [0.2, 0.25) is 0 Å². The molecule has 24 heavy (non-hydrogen) atoms. The molecule has 2 aromatic rings. The number of nitrogens with zero attached hydrogens (tertiary/aromatic N) is 3. The zero-order valence-electron chi connectivity index (χ0n) is 14.0. The van der Waals surface area contributed by atoms with Crippen LogP contribution in [0.4, 0.5) is 10.1 Å². The average molecular weight is 325 g/mol. The van der Waals surface area contributed by atoms with Gasteiger partial charge in [-0.25, -0.2) is 4.39 Å². The van der Waals surface area contributed by atoms with E-state index in [2.05, 4.69) is 20.9 Å². The summed E-state index contributed by atoms with van der Waals surface area (Å²) in [7, 11) is 0. The lowest BCUT2D eigenvalue weighted by Gasteiger charge is -2.46.